The van der Waals surface area contributed by atoms with E-state index in [4.69, 9.17) is 4.74 Å². The number of benzene rings is 1. The number of hydrogen-bond donors (Lipinski definition) is 2. The van der Waals surface area contributed by atoms with Crippen LogP contribution in [0.5, 0.6) is 5.75 Å². The van der Waals surface area contributed by atoms with E-state index < -0.39 is 46.7 Å². The molecular formula is C29H36FN5O6. The van der Waals surface area contributed by atoms with E-state index in [1.807, 2.05) is 0 Å². The number of ether oxygens (including phenoxy) is 1. The van der Waals surface area contributed by atoms with Gasteiger partial charge in [-0.1, -0.05) is 12.1 Å². The second kappa shape index (κ2) is 11.6. The first-order valence-electron chi connectivity index (χ1n) is 14.1. The lowest BCUT2D eigenvalue weighted by Crippen LogP contribution is -2.50. The number of fused-ring (bicyclic) bond motifs is 2. The van der Waals surface area contributed by atoms with Crippen molar-refractivity contribution in [1.82, 2.24) is 24.7 Å². The van der Waals surface area contributed by atoms with Crippen molar-refractivity contribution in [3.05, 3.63) is 57.0 Å². The van der Waals surface area contributed by atoms with Gasteiger partial charge in [-0.3, -0.25) is 23.7 Å². The predicted octanol–water partition coefficient (Wildman–Crippen LogP) is 1.69. The molecule has 3 aliphatic heterocycles. The molecule has 1 aliphatic carbocycles. The van der Waals surface area contributed by atoms with E-state index in [2.05, 4.69) is 10.3 Å². The van der Waals surface area contributed by atoms with Gasteiger partial charge < -0.3 is 25.0 Å². The summed E-state index contributed by atoms with van der Waals surface area (Å²) in [6.07, 6.45) is 3.65. The van der Waals surface area contributed by atoms with Gasteiger partial charge in [0.15, 0.2) is 5.69 Å². The van der Waals surface area contributed by atoms with Crippen molar-refractivity contribution in [3.8, 4) is 5.75 Å². The highest BCUT2D eigenvalue weighted by Crippen LogP contribution is 2.42. The van der Waals surface area contributed by atoms with Crippen molar-refractivity contribution in [2.45, 2.75) is 70.2 Å². The topological polar surface area (TPSA) is 134 Å². The third-order valence-electron chi connectivity index (χ3n) is 8.61. The minimum absolute atomic E-state index is 0.0350. The van der Waals surface area contributed by atoms with E-state index in [0.717, 1.165) is 19.3 Å². The highest BCUT2D eigenvalue weighted by atomic mass is 19.1. The van der Waals surface area contributed by atoms with Crippen molar-refractivity contribution < 1.29 is 28.6 Å². The van der Waals surface area contributed by atoms with Gasteiger partial charge in [0.2, 0.25) is 5.75 Å². The summed E-state index contributed by atoms with van der Waals surface area (Å²) in [6, 6.07) is 4.03. The van der Waals surface area contributed by atoms with Gasteiger partial charge in [-0.2, -0.15) is 0 Å². The fourth-order valence-corrected chi connectivity index (χ4v) is 6.29. The number of likely N-dealkylation sites (N-methyl/N-ethyl adjacent to an activating group) is 2. The summed E-state index contributed by atoms with van der Waals surface area (Å²) < 4.78 is 20.6. The summed E-state index contributed by atoms with van der Waals surface area (Å²) in [4.78, 5) is 59.9. The van der Waals surface area contributed by atoms with E-state index in [1.165, 1.54) is 26.5 Å². The quantitative estimate of drug-likeness (QED) is 0.506. The van der Waals surface area contributed by atoms with Crippen molar-refractivity contribution in [2.24, 2.45) is 5.92 Å². The molecular weight excluding hydrogens is 533 g/mol. The Bertz CT molecular complexity index is 1420. The van der Waals surface area contributed by atoms with Gasteiger partial charge in [0.05, 0.1) is 6.10 Å². The number of halogens is 1. The Morgan fingerprint density at radius 3 is 2.68 bits per heavy atom. The zero-order valence-electron chi connectivity index (χ0n) is 23.6. The van der Waals surface area contributed by atoms with Gasteiger partial charge in [0, 0.05) is 52.3 Å². The van der Waals surface area contributed by atoms with E-state index in [0.29, 0.717) is 49.5 Å². The second-order valence-electron chi connectivity index (χ2n) is 11.4. The smallest absolute Gasteiger partial charge is 0.312 e. The molecule has 6 rings (SSSR count). The SMILES string of the molecule is Cc1cc(CNC(=O)c2nc3n(c(=O)c2O)CC2CCC3C(N(C)C(=O)C(=O)N(C)CC3CCCO3)C2)ccc1F. The number of carbonyl (C=O) groups is 3. The lowest BCUT2D eigenvalue weighted by Gasteiger charge is -2.38. The van der Waals surface area contributed by atoms with Crippen molar-refractivity contribution in [2.75, 3.05) is 27.2 Å². The Balaban J connectivity index is 1.37. The highest BCUT2D eigenvalue weighted by Gasteiger charge is 2.43. The Labute approximate surface area is 237 Å². The maximum absolute atomic E-state index is 13.6. The fraction of sp³-hybridized carbons (Fsp3) is 0.552. The Morgan fingerprint density at radius 2 is 1.98 bits per heavy atom. The van der Waals surface area contributed by atoms with Crippen LogP contribution in [0.3, 0.4) is 0 Å². The minimum Gasteiger partial charge on any atom is -0.501 e. The molecule has 4 unspecified atom stereocenters. The number of nitrogens with one attached hydrogen (secondary N) is 1. The van der Waals surface area contributed by atoms with Crippen LogP contribution in [0.4, 0.5) is 4.39 Å². The zero-order chi connectivity index (χ0) is 29.4. The highest BCUT2D eigenvalue weighted by molar-refractivity contribution is 6.34. The van der Waals surface area contributed by atoms with E-state index in [-0.39, 0.29) is 24.4 Å². The summed E-state index contributed by atoms with van der Waals surface area (Å²) in [5, 5.41) is 13.3. The second-order valence-corrected chi connectivity index (χ2v) is 11.4. The van der Waals surface area contributed by atoms with Gasteiger partial charge in [-0.05, 0) is 62.1 Å². The first-order valence-corrected chi connectivity index (χ1v) is 14.1. The molecule has 1 aromatic carbocycles. The third kappa shape index (κ3) is 5.70. The fourth-order valence-electron chi connectivity index (χ4n) is 6.29. The number of aryl methyl sites for hydroxylation is 1. The lowest BCUT2D eigenvalue weighted by molar-refractivity contribution is -0.153. The molecule has 1 aromatic heterocycles. The summed E-state index contributed by atoms with van der Waals surface area (Å²) in [6.45, 7) is 2.95. The Kier molecular flexibility index (Phi) is 8.12. The van der Waals surface area contributed by atoms with Crippen LogP contribution < -0.4 is 10.9 Å². The van der Waals surface area contributed by atoms with Crippen molar-refractivity contribution in [1.29, 1.82) is 0 Å². The molecule has 2 bridgehead atoms. The molecule has 1 saturated heterocycles. The largest absolute Gasteiger partial charge is 0.501 e. The molecule has 11 nitrogen and oxygen atoms in total. The van der Waals surface area contributed by atoms with E-state index in [1.54, 1.807) is 27.1 Å². The number of aromatic hydroxyl groups is 1. The molecule has 2 aromatic rings. The average molecular weight is 570 g/mol. The maximum Gasteiger partial charge on any atom is 0.312 e. The lowest BCUT2D eigenvalue weighted by atomic mass is 9.78. The van der Waals surface area contributed by atoms with Crippen LogP contribution in [0.15, 0.2) is 23.0 Å². The van der Waals surface area contributed by atoms with Crippen LogP contribution in [-0.2, 0) is 27.4 Å². The number of nitrogens with zero attached hydrogens (tertiary/aromatic N) is 4. The van der Waals surface area contributed by atoms with Crippen LogP contribution >= 0.6 is 0 Å². The van der Waals surface area contributed by atoms with E-state index in [9.17, 15) is 28.7 Å². The normalized spacial score (nSPS) is 23.0. The van der Waals surface area contributed by atoms with Gasteiger partial charge >= 0.3 is 11.8 Å². The van der Waals surface area contributed by atoms with E-state index >= 15 is 0 Å². The van der Waals surface area contributed by atoms with Crippen LogP contribution in [0.1, 0.15) is 65.5 Å². The molecule has 41 heavy (non-hydrogen) atoms. The molecule has 0 spiro atoms. The average Bonchev–Trinajstić information content (AvgIpc) is 3.35. The number of hydrogen-bond acceptors (Lipinski definition) is 7. The van der Waals surface area contributed by atoms with Gasteiger partial charge in [0.25, 0.3) is 11.5 Å². The summed E-state index contributed by atoms with van der Waals surface area (Å²) >= 11 is 0. The minimum atomic E-state index is -0.741. The van der Waals surface area contributed by atoms with Gasteiger partial charge in [0.1, 0.15) is 11.6 Å². The molecule has 2 fully saturated rings. The molecule has 3 amide bonds. The van der Waals surface area contributed by atoms with Crippen molar-refractivity contribution >= 4 is 17.7 Å². The van der Waals surface area contributed by atoms with Crippen molar-refractivity contribution in [3.63, 3.8) is 0 Å². The van der Waals surface area contributed by atoms with Crippen LogP contribution in [-0.4, -0.2) is 81.6 Å². The number of carbonyl (C=O) groups excluding carboxylic acids is 3. The molecule has 12 heteroatoms. The molecule has 4 atom stereocenters. The number of aromatic nitrogens is 2. The molecule has 1 saturated carbocycles. The summed E-state index contributed by atoms with van der Waals surface area (Å²) in [5.41, 5.74) is -0.0311. The summed E-state index contributed by atoms with van der Waals surface area (Å²) in [7, 11) is 3.18. The zero-order valence-corrected chi connectivity index (χ0v) is 23.6. The van der Waals surface area contributed by atoms with Gasteiger partial charge in [-0.15, -0.1) is 0 Å². The standard InChI is InChI=1S/C29H36FN5O6/c1-16-11-17(7-9-21(16)30)13-31-26(37)23-24(36)27(38)35-14-18-6-8-20(25(35)32-23)22(12-18)34(3)29(40)28(39)33(2)15-19-5-4-10-41-19/h7,9,11,18-20,22,36H,4-6,8,10,12-15H2,1-3H3,(H,31,37). The summed E-state index contributed by atoms with van der Waals surface area (Å²) in [5.74, 6) is -3.17. The monoisotopic (exact) mass is 569 g/mol. The molecule has 220 valence electrons. The van der Waals surface area contributed by atoms with Gasteiger partial charge in [-0.25, -0.2) is 9.37 Å². The molecule has 2 N–H and O–H groups in total. The first-order chi connectivity index (χ1) is 19.5. The Hall–Kier alpha value is -3.80. The van der Waals surface area contributed by atoms with Crippen LogP contribution in [0.2, 0.25) is 0 Å². The first kappa shape index (κ1) is 28.7. The predicted molar refractivity (Wildman–Crippen MR) is 146 cm³/mol. The molecule has 4 aliphatic rings. The van der Waals surface area contributed by atoms with Crippen LogP contribution in [0, 0.1) is 18.7 Å². The number of amides is 3. The maximum atomic E-state index is 13.6. The molecule has 0 radical (unpaired) electrons. The number of rotatable bonds is 6. The third-order valence-corrected chi connectivity index (χ3v) is 8.61. The molecule has 4 heterocycles. The van der Waals surface area contributed by atoms with Crippen LogP contribution in [0.25, 0.3) is 0 Å². The Morgan fingerprint density at radius 1 is 1.20 bits per heavy atom.